The van der Waals surface area contributed by atoms with Gasteiger partial charge in [0.15, 0.2) is 0 Å². The number of rotatable bonds is 6. The summed E-state index contributed by atoms with van der Waals surface area (Å²) in [4.78, 5) is 12.2. The first-order valence-electron chi connectivity index (χ1n) is 8.39. The highest BCUT2D eigenvalue weighted by molar-refractivity contribution is 5.94. The van der Waals surface area contributed by atoms with Crippen molar-refractivity contribution in [3.8, 4) is 5.75 Å². The molecule has 4 nitrogen and oxygen atoms in total. The van der Waals surface area contributed by atoms with Crippen molar-refractivity contribution < 1.29 is 14.3 Å². The summed E-state index contributed by atoms with van der Waals surface area (Å²) >= 11 is 0. The molecule has 1 atom stereocenters. The third-order valence-electron chi connectivity index (χ3n) is 4.28. The lowest BCUT2D eigenvalue weighted by molar-refractivity contribution is 0.0679. The van der Waals surface area contributed by atoms with Gasteiger partial charge < -0.3 is 14.8 Å². The Morgan fingerprint density at radius 1 is 1.21 bits per heavy atom. The Bertz CT molecular complexity index is 676. The molecule has 0 saturated carbocycles. The molecule has 0 aromatic heterocycles. The van der Waals surface area contributed by atoms with Gasteiger partial charge in [0, 0.05) is 18.7 Å². The van der Waals surface area contributed by atoms with Crippen molar-refractivity contribution in [2.24, 2.45) is 0 Å². The van der Waals surface area contributed by atoms with E-state index in [9.17, 15) is 4.79 Å². The van der Waals surface area contributed by atoms with Crippen molar-refractivity contribution in [3.05, 3.63) is 65.2 Å². The monoisotopic (exact) mass is 325 g/mol. The minimum Gasteiger partial charge on any atom is -0.491 e. The number of ether oxygens (including phenoxy) is 2. The van der Waals surface area contributed by atoms with E-state index >= 15 is 0 Å². The Morgan fingerprint density at radius 3 is 2.71 bits per heavy atom. The Balaban J connectivity index is 1.50. The molecule has 3 rings (SSSR count). The second kappa shape index (κ2) is 7.97. The molecule has 2 aromatic rings. The van der Waals surface area contributed by atoms with E-state index in [1.807, 2.05) is 43.3 Å². The second-order valence-corrected chi connectivity index (χ2v) is 6.08. The van der Waals surface area contributed by atoms with E-state index in [0.29, 0.717) is 18.7 Å². The smallest absolute Gasteiger partial charge is 0.251 e. The maximum absolute atomic E-state index is 12.2. The quantitative estimate of drug-likeness (QED) is 0.884. The van der Waals surface area contributed by atoms with Crippen LogP contribution in [-0.4, -0.2) is 25.2 Å². The summed E-state index contributed by atoms with van der Waals surface area (Å²) in [7, 11) is 0. The van der Waals surface area contributed by atoms with Crippen molar-refractivity contribution in [3.63, 3.8) is 0 Å². The van der Waals surface area contributed by atoms with Crippen LogP contribution in [0.4, 0.5) is 0 Å². The summed E-state index contributed by atoms with van der Waals surface area (Å²) in [6.45, 7) is 3.97. The van der Waals surface area contributed by atoms with Crippen LogP contribution in [0.3, 0.4) is 0 Å². The standard InChI is InChI=1S/C20H23NO3/c1-15-5-2-3-6-17(15)13-21-20(22)16-8-10-18(11-9-16)24-14-19-7-4-12-23-19/h2-3,5-6,8-11,19H,4,7,12-14H2,1H3,(H,21,22)/t19-/m0/s1. The average Bonchev–Trinajstić information content (AvgIpc) is 3.13. The fraction of sp³-hybridized carbons (Fsp3) is 0.350. The van der Waals surface area contributed by atoms with E-state index in [2.05, 4.69) is 5.32 Å². The molecule has 1 amide bonds. The van der Waals surface area contributed by atoms with E-state index in [-0.39, 0.29) is 12.0 Å². The molecule has 1 aliphatic heterocycles. The van der Waals surface area contributed by atoms with Crippen LogP contribution in [0, 0.1) is 6.92 Å². The summed E-state index contributed by atoms with van der Waals surface area (Å²) in [5.74, 6) is 0.685. The normalized spacial score (nSPS) is 16.8. The second-order valence-electron chi connectivity index (χ2n) is 6.08. The Labute approximate surface area is 142 Å². The van der Waals surface area contributed by atoms with Gasteiger partial charge in [-0.3, -0.25) is 4.79 Å². The lowest BCUT2D eigenvalue weighted by Gasteiger charge is -2.12. The van der Waals surface area contributed by atoms with E-state index in [4.69, 9.17) is 9.47 Å². The van der Waals surface area contributed by atoms with Crippen LogP contribution < -0.4 is 10.1 Å². The van der Waals surface area contributed by atoms with E-state index < -0.39 is 0 Å². The van der Waals surface area contributed by atoms with Gasteiger partial charge in [-0.2, -0.15) is 0 Å². The SMILES string of the molecule is Cc1ccccc1CNC(=O)c1ccc(OC[C@@H]2CCCO2)cc1. The molecule has 1 N–H and O–H groups in total. The van der Waals surface area contributed by atoms with Gasteiger partial charge in [0.1, 0.15) is 12.4 Å². The number of aryl methyl sites for hydroxylation is 1. The number of benzene rings is 2. The minimum atomic E-state index is -0.0797. The van der Waals surface area contributed by atoms with Gasteiger partial charge in [-0.1, -0.05) is 24.3 Å². The molecule has 1 aliphatic rings. The van der Waals surface area contributed by atoms with Gasteiger partial charge in [0.25, 0.3) is 5.91 Å². The summed E-state index contributed by atoms with van der Waals surface area (Å²) in [6.07, 6.45) is 2.36. The molecule has 2 aromatic carbocycles. The third kappa shape index (κ3) is 4.36. The lowest BCUT2D eigenvalue weighted by atomic mass is 10.1. The average molecular weight is 325 g/mol. The highest BCUT2D eigenvalue weighted by atomic mass is 16.5. The van der Waals surface area contributed by atoms with Crippen molar-refractivity contribution in [1.29, 1.82) is 0 Å². The van der Waals surface area contributed by atoms with Gasteiger partial charge in [-0.05, 0) is 55.2 Å². The molecular formula is C20H23NO3. The van der Waals surface area contributed by atoms with Gasteiger partial charge in [0.2, 0.25) is 0 Å². The number of nitrogens with one attached hydrogen (secondary N) is 1. The van der Waals surface area contributed by atoms with Crippen LogP contribution in [-0.2, 0) is 11.3 Å². The van der Waals surface area contributed by atoms with Crippen LogP contribution >= 0.6 is 0 Å². The summed E-state index contributed by atoms with van der Waals surface area (Å²) in [5.41, 5.74) is 2.94. The van der Waals surface area contributed by atoms with Crippen LogP contribution in [0.25, 0.3) is 0 Å². The predicted octanol–water partition coefficient (Wildman–Crippen LogP) is 3.48. The van der Waals surface area contributed by atoms with Crippen LogP contribution in [0.2, 0.25) is 0 Å². The topological polar surface area (TPSA) is 47.6 Å². The fourth-order valence-corrected chi connectivity index (χ4v) is 2.75. The Hall–Kier alpha value is -2.33. The van der Waals surface area contributed by atoms with Crippen LogP contribution in [0.5, 0.6) is 5.75 Å². The number of carbonyl (C=O) groups excluding carboxylic acids is 1. The zero-order chi connectivity index (χ0) is 16.8. The zero-order valence-electron chi connectivity index (χ0n) is 14.0. The van der Waals surface area contributed by atoms with Crippen molar-refractivity contribution >= 4 is 5.91 Å². The molecule has 0 unspecified atom stereocenters. The molecule has 0 bridgehead atoms. The number of hydrogen-bond donors (Lipinski definition) is 1. The molecular weight excluding hydrogens is 302 g/mol. The van der Waals surface area contributed by atoms with E-state index in [1.165, 1.54) is 5.56 Å². The molecule has 24 heavy (non-hydrogen) atoms. The maximum Gasteiger partial charge on any atom is 0.251 e. The van der Waals surface area contributed by atoms with Gasteiger partial charge >= 0.3 is 0 Å². The minimum absolute atomic E-state index is 0.0797. The fourth-order valence-electron chi connectivity index (χ4n) is 2.75. The lowest BCUT2D eigenvalue weighted by Crippen LogP contribution is -2.23. The predicted molar refractivity (Wildman–Crippen MR) is 93.3 cm³/mol. The number of carbonyl (C=O) groups is 1. The third-order valence-corrected chi connectivity index (χ3v) is 4.28. The number of amides is 1. The van der Waals surface area contributed by atoms with Crippen molar-refractivity contribution in [2.45, 2.75) is 32.4 Å². The first kappa shape index (κ1) is 16.5. The molecule has 0 spiro atoms. The molecule has 1 fully saturated rings. The van der Waals surface area contributed by atoms with Crippen molar-refractivity contribution in [1.82, 2.24) is 5.32 Å². The Morgan fingerprint density at radius 2 is 2.00 bits per heavy atom. The maximum atomic E-state index is 12.2. The molecule has 1 heterocycles. The summed E-state index contributed by atoms with van der Waals surface area (Å²) < 4.78 is 11.2. The van der Waals surface area contributed by atoms with Gasteiger partial charge in [-0.25, -0.2) is 0 Å². The first-order valence-corrected chi connectivity index (χ1v) is 8.39. The first-order chi connectivity index (χ1) is 11.7. The summed E-state index contributed by atoms with van der Waals surface area (Å²) in [6, 6.07) is 15.3. The highest BCUT2D eigenvalue weighted by Gasteiger charge is 2.16. The van der Waals surface area contributed by atoms with Crippen molar-refractivity contribution in [2.75, 3.05) is 13.2 Å². The summed E-state index contributed by atoms with van der Waals surface area (Å²) in [5, 5.41) is 2.95. The van der Waals surface area contributed by atoms with E-state index in [1.54, 1.807) is 12.1 Å². The van der Waals surface area contributed by atoms with Gasteiger partial charge in [-0.15, -0.1) is 0 Å². The Kier molecular flexibility index (Phi) is 5.49. The molecule has 0 aliphatic carbocycles. The highest BCUT2D eigenvalue weighted by Crippen LogP contribution is 2.16. The molecule has 126 valence electrons. The zero-order valence-corrected chi connectivity index (χ0v) is 14.0. The van der Waals surface area contributed by atoms with E-state index in [0.717, 1.165) is 30.8 Å². The van der Waals surface area contributed by atoms with Gasteiger partial charge in [0.05, 0.1) is 6.10 Å². The van der Waals surface area contributed by atoms with Crippen LogP contribution in [0.1, 0.15) is 34.3 Å². The molecule has 4 heteroatoms. The largest absolute Gasteiger partial charge is 0.491 e. The van der Waals surface area contributed by atoms with Crippen LogP contribution in [0.15, 0.2) is 48.5 Å². The molecule has 1 saturated heterocycles. The number of hydrogen-bond acceptors (Lipinski definition) is 3. The molecule has 0 radical (unpaired) electrons.